The normalized spacial score (nSPS) is 10.3. The molecule has 3 aromatic rings. The van der Waals surface area contributed by atoms with Gasteiger partial charge in [-0.25, -0.2) is 0 Å². The van der Waals surface area contributed by atoms with Gasteiger partial charge in [-0.2, -0.15) is 5.10 Å². The van der Waals surface area contributed by atoms with Crippen LogP contribution in [0.3, 0.4) is 0 Å². The molecule has 1 aromatic heterocycles. The van der Waals surface area contributed by atoms with Gasteiger partial charge in [0.15, 0.2) is 0 Å². The summed E-state index contributed by atoms with van der Waals surface area (Å²) < 4.78 is 6.76. The van der Waals surface area contributed by atoms with Crippen molar-refractivity contribution in [2.75, 3.05) is 12.4 Å². The predicted octanol–water partition coefficient (Wildman–Crippen LogP) is 3.35. The van der Waals surface area contributed by atoms with Gasteiger partial charge in [-0.1, -0.05) is 30.3 Å². The Morgan fingerprint density at radius 3 is 2.43 bits per heavy atom. The molecule has 0 fully saturated rings. The van der Waals surface area contributed by atoms with Crippen molar-refractivity contribution in [1.82, 2.24) is 9.78 Å². The number of benzene rings is 2. The quantitative estimate of drug-likeness (QED) is 0.804. The van der Waals surface area contributed by atoms with Crippen LogP contribution in [0.15, 0.2) is 60.8 Å². The van der Waals surface area contributed by atoms with Crippen LogP contribution in [0.5, 0.6) is 5.75 Å². The Labute approximate surface area is 134 Å². The second-order valence-electron chi connectivity index (χ2n) is 5.11. The molecule has 0 unspecified atom stereocenters. The highest BCUT2D eigenvalue weighted by molar-refractivity contribution is 6.08. The second-order valence-corrected chi connectivity index (χ2v) is 5.11. The molecule has 3 rings (SSSR count). The zero-order chi connectivity index (χ0) is 16.2. The molecular formula is C18H17N3O2. The minimum absolute atomic E-state index is 0.192. The highest BCUT2D eigenvalue weighted by Gasteiger charge is 2.17. The Balaban J connectivity index is 1.87. The van der Waals surface area contributed by atoms with Gasteiger partial charge >= 0.3 is 0 Å². The van der Waals surface area contributed by atoms with Gasteiger partial charge in [0.1, 0.15) is 11.4 Å². The summed E-state index contributed by atoms with van der Waals surface area (Å²) in [6.07, 6.45) is 1.72. The summed E-state index contributed by atoms with van der Waals surface area (Å²) in [4.78, 5) is 12.6. The first-order valence-electron chi connectivity index (χ1n) is 7.22. The number of carbonyl (C=O) groups is 1. The van der Waals surface area contributed by atoms with Crippen molar-refractivity contribution in [3.63, 3.8) is 0 Å². The van der Waals surface area contributed by atoms with Crippen LogP contribution in [0.1, 0.15) is 10.4 Å². The highest BCUT2D eigenvalue weighted by atomic mass is 16.5. The van der Waals surface area contributed by atoms with Crippen LogP contribution in [-0.4, -0.2) is 22.8 Å². The minimum atomic E-state index is -0.192. The molecule has 5 nitrogen and oxygen atoms in total. The van der Waals surface area contributed by atoms with Gasteiger partial charge in [0.25, 0.3) is 5.91 Å². The molecule has 5 heteroatoms. The third-order valence-corrected chi connectivity index (χ3v) is 3.47. The molecule has 0 saturated heterocycles. The average Bonchev–Trinajstić information content (AvgIpc) is 2.98. The highest BCUT2D eigenvalue weighted by Crippen LogP contribution is 2.23. The lowest BCUT2D eigenvalue weighted by Gasteiger charge is -2.06. The molecular weight excluding hydrogens is 290 g/mol. The maximum atomic E-state index is 12.6. The summed E-state index contributed by atoms with van der Waals surface area (Å²) in [6.45, 7) is 0. The predicted molar refractivity (Wildman–Crippen MR) is 89.6 cm³/mol. The van der Waals surface area contributed by atoms with Crippen LogP contribution in [0, 0.1) is 0 Å². The molecule has 1 heterocycles. The van der Waals surface area contributed by atoms with Gasteiger partial charge in [-0.15, -0.1) is 0 Å². The van der Waals surface area contributed by atoms with Crippen LogP contribution in [0.25, 0.3) is 11.3 Å². The smallest absolute Gasteiger partial charge is 0.259 e. The molecule has 0 aliphatic heterocycles. The van der Waals surface area contributed by atoms with Crippen LogP contribution in [0.4, 0.5) is 5.69 Å². The number of nitrogens with one attached hydrogen (secondary N) is 1. The lowest BCUT2D eigenvalue weighted by molar-refractivity contribution is 0.102. The molecule has 2 aromatic carbocycles. The molecule has 0 aliphatic rings. The fraction of sp³-hybridized carbons (Fsp3) is 0.111. The van der Waals surface area contributed by atoms with Crippen molar-refractivity contribution < 1.29 is 9.53 Å². The standard InChI is InChI=1S/C18H17N3O2/c1-21-12-16(17(20-21)13-6-4-3-5-7-13)18(22)19-14-8-10-15(23-2)11-9-14/h3-12H,1-2H3,(H,19,22). The summed E-state index contributed by atoms with van der Waals surface area (Å²) in [5.41, 5.74) is 2.82. The molecule has 0 saturated carbocycles. The molecule has 0 atom stereocenters. The van der Waals surface area contributed by atoms with Gasteiger partial charge < -0.3 is 10.1 Å². The summed E-state index contributed by atoms with van der Waals surface area (Å²) >= 11 is 0. The molecule has 23 heavy (non-hydrogen) atoms. The molecule has 0 bridgehead atoms. The number of hydrogen-bond acceptors (Lipinski definition) is 3. The minimum Gasteiger partial charge on any atom is -0.497 e. The van der Waals surface area contributed by atoms with Crippen LogP contribution < -0.4 is 10.1 Å². The number of aryl methyl sites for hydroxylation is 1. The lowest BCUT2D eigenvalue weighted by Crippen LogP contribution is -2.12. The van der Waals surface area contributed by atoms with Gasteiger partial charge in [0.2, 0.25) is 0 Å². The van der Waals surface area contributed by atoms with Crippen molar-refractivity contribution in [2.45, 2.75) is 0 Å². The van der Waals surface area contributed by atoms with E-state index in [4.69, 9.17) is 4.74 Å². The van der Waals surface area contributed by atoms with E-state index in [2.05, 4.69) is 10.4 Å². The van der Waals surface area contributed by atoms with Crippen LogP contribution in [0.2, 0.25) is 0 Å². The lowest BCUT2D eigenvalue weighted by atomic mass is 10.1. The fourth-order valence-corrected chi connectivity index (χ4v) is 2.34. The summed E-state index contributed by atoms with van der Waals surface area (Å²) in [7, 11) is 3.41. The number of methoxy groups -OCH3 is 1. The van der Waals surface area contributed by atoms with E-state index in [1.807, 2.05) is 30.3 Å². The average molecular weight is 307 g/mol. The number of ether oxygens (including phenoxy) is 1. The largest absolute Gasteiger partial charge is 0.497 e. The van der Waals surface area contributed by atoms with E-state index >= 15 is 0 Å². The summed E-state index contributed by atoms with van der Waals surface area (Å²) in [6, 6.07) is 16.9. The second kappa shape index (κ2) is 6.36. The molecule has 0 spiro atoms. The van der Waals surface area contributed by atoms with Crippen molar-refractivity contribution in [2.24, 2.45) is 7.05 Å². The zero-order valence-electron chi connectivity index (χ0n) is 13.0. The number of nitrogens with zero attached hydrogens (tertiary/aromatic N) is 2. The molecule has 1 amide bonds. The third kappa shape index (κ3) is 3.23. The Hall–Kier alpha value is -3.08. The maximum absolute atomic E-state index is 12.6. The van der Waals surface area contributed by atoms with Gasteiger partial charge in [-0.3, -0.25) is 9.48 Å². The topological polar surface area (TPSA) is 56.1 Å². The number of amides is 1. The Morgan fingerprint density at radius 1 is 1.09 bits per heavy atom. The van der Waals surface area contributed by atoms with Crippen LogP contribution in [-0.2, 0) is 7.05 Å². The first-order valence-corrected chi connectivity index (χ1v) is 7.22. The van der Waals surface area contributed by atoms with E-state index in [9.17, 15) is 4.79 Å². The van der Waals surface area contributed by atoms with E-state index < -0.39 is 0 Å². The summed E-state index contributed by atoms with van der Waals surface area (Å²) in [5.74, 6) is 0.552. The van der Waals surface area contributed by atoms with E-state index in [0.717, 1.165) is 11.3 Å². The van der Waals surface area contributed by atoms with Crippen molar-refractivity contribution in [1.29, 1.82) is 0 Å². The molecule has 0 aliphatic carbocycles. The fourth-order valence-electron chi connectivity index (χ4n) is 2.34. The van der Waals surface area contributed by atoms with E-state index in [1.54, 1.807) is 49.3 Å². The van der Waals surface area contributed by atoms with Gasteiger partial charge in [0, 0.05) is 24.5 Å². The Kier molecular flexibility index (Phi) is 4.10. The molecule has 0 radical (unpaired) electrons. The van der Waals surface area contributed by atoms with Crippen molar-refractivity contribution in [3.8, 4) is 17.0 Å². The number of rotatable bonds is 4. The Morgan fingerprint density at radius 2 is 1.78 bits per heavy atom. The zero-order valence-corrected chi connectivity index (χ0v) is 13.0. The first-order chi connectivity index (χ1) is 11.2. The third-order valence-electron chi connectivity index (χ3n) is 3.47. The SMILES string of the molecule is COc1ccc(NC(=O)c2cn(C)nc2-c2ccccc2)cc1. The molecule has 116 valence electrons. The number of aromatic nitrogens is 2. The monoisotopic (exact) mass is 307 g/mol. The van der Waals surface area contributed by atoms with Crippen LogP contribution >= 0.6 is 0 Å². The van der Waals surface area contributed by atoms with Gasteiger partial charge in [0.05, 0.1) is 12.7 Å². The number of carbonyl (C=O) groups excluding carboxylic acids is 1. The molecule has 1 N–H and O–H groups in total. The van der Waals surface area contributed by atoms with E-state index in [0.29, 0.717) is 16.9 Å². The van der Waals surface area contributed by atoms with Crippen molar-refractivity contribution >= 4 is 11.6 Å². The van der Waals surface area contributed by atoms with E-state index in [1.165, 1.54) is 0 Å². The number of hydrogen-bond donors (Lipinski definition) is 1. The summed E-state index contributed by atoms with van der Waals surface area (Å²) in [5, 5.41) is 7.29. The first kappa shape index (κ1) is 14.8. The van der Waals surface area contributed by atoms with E-state index in [-0.39, 0.29) is 5.91 Å². The number of anilines is 1. The Bertz CT molecular complexity index is 808. The maximum Gasteiger partial charge on any atom is 0.259 e. The van der Waals surface area contributed by atoms with Crippen molar-refractivity contribution in [3.05, 3.63) is 66.4 Å². The van der Waals surface area contributed by atoms with Gasteiger partial charge in [-0.05, 0) is 24.3 Å².